The molecule has 0 bridgehead atoms. The van der Waals surface area contributed by atoms with E-state index in [0.717, 1.165) is 11.1 Å². The van der Waals surface area contributed by atoms with Crippen LogP contribution in [-0.4, -0.2) is 36.7 Å². The van der Waals surface area contributed by atoms with Crippen LogP contribution in [0.5, 0.6) is 11.5 Å². The van der Waals surface area contributed by atoms with Crippen molar-refractivity contribution in [2.24, 2.45) is 0 Å². The molecule has 1 heterocycles. The van der Waals surface area contributed by atoms with E-state index in [2.05, 4.69) is 5.32 Å². The van der Waals surface area contributed by atoms with Crippen molar-refractivity contribution in [1.82, 2.24) is 4.90 Å². The lowest BCUT2D eigenvalue weighted by molar-refractivity contribution is -0.128. The van der Waals surface area contributed by atoms with Gasteiger partial charge in [0.25, 0.3) is 5.91 Å². The predicted molar refractivity (Wildman–Crippen MR) is 126 cm³/mol. The van der Waals surface area contributed by atoms with Crippen molar-refractivity contribution >= 4 is 29.3 Å². The number of carbonyl (C=O) groups excluding carboxylic acids is 2. The molecule has 32 heavy (non-hydrogen) atoms. The molecule has 1 saturated heterocycles. The summed E-state index contributed by atoms with van der Waals surface area (Å²) in [6.07, 6.45) is 0. The van der Waals surface area contributed by atoms with Crippen LogP contribution >= 0.6 is 11.8 Å². The first kappa shape index (κ1) is 21.8. The Labute approximate surface area is 191 Å². The molecule has 7 heteroatoms. The highest BCUT2D eigenvalue weighted by Gasteiger charge is 2.32. The molecule has 0 spiro atoms. The molecule has 4 rings (SSSR count). The van der Waals surface area contributed by atoms with Crippen LogP contribution in [0.25, 0.3) is 0 Å². The van der Waals surface area contributed by atoms with E-state index in [1.54, 1.807) is 56.3 Å². The molecule has 6 nitrogen and oxygen atoms in total. The molecular weight excluding hydrogens is 424 g/mol. The summed E-state index contributed by atoms with van der Waals surface area (Å²) in [6, 6.07) is 22.6. The summed E-state index contributed by atoms with van der Waals surface area (Å²) in [5, 5.41) is 2.81. The number of rotatable bonds is 7. The van der Waals surface area contributed by atoms with Gasteiger partial charge in [-0.2, -0.15) is 0 Å². The number of nitrogens with one attached hydrogen (secondary N) is 1. The quantitative estimate of drug-likeness (QED) is 0.566. The summed E-state index contributed by atoms with van der Waals surface area (Å²) in [6.45, 7) is 0.566. The van der Waals surface area contributed by atoms with Gasteiger partial charge >= 0.3 is 0 Å². The lowest BCUT2D eigenvalue weighted by atomic mass is 10.1. The largest absolute Gasteiger partial charge is 0.497 e. The van der Waals surface area contributed by atoms with Crippen molar-refractivity contribution in [2.75, 3.05) is 25.3 Å². The molecule has 1 fully saturated rings. The van der Waals surface area contributed by atoms with Crippen LogP contribution in [0.15, 0.2) is 72.8 Å². The van der Waals surface area contributed by atoms with Gasteiger partial charge in [0.1, 0.15) is 16.9 Å². The molecular formula is C25H24N2O4S. The Morgan fingerprint density at radius 2 is 1.78 bits per heavy atom. The molecule has 3 aromatic rings. The molecule has 1 aliphatic rings. The fraction of sp³-hybridized carbons (Fsp3) is 0.200. The van der Waals surface area contributed by atoms with Gasteiger partial charge < -0.3 is 19.7 Å². The Morgan fingerprint density at radius 3 is 2.47 bits per heavy atom. The van der Waals surface area contributed by atoms with E-state index in [-0.39, 0.29) is 17.2 Å². The number of anilines is 1. The van der Waals surface area contributed by atoms with E-state index in [4.69, 9.17) is 9.47 Å². The third-order valence-electron chi connectivity index (χ3n) is 5.28. The van der Waals surface area contributed by atoms with Crippen molar-refractivity contribution in [3.8, 4) is 11.5 Å². The van der Waals surface area contributed by atoms with Crippen molar-refractivity contribution < 1.29 is 19.1 Å². The van der Waals surface area contributed by atoms with Crippen molar-refractivity contribution in [3.05, 3.63) is 89.5 Å². The summed E-state index contributed by atoms with van der Waals surface area (Å²) < 4.78 is 10.5. The SMILES string of the molecule is COc1ccc(NC(=O)c2ccc([C@H]3SCC(=O)N3Cc3ccccc3)cc2)c(OC)c1. The highest BCUT2D eigenvalue weighted by atomic mass is 32.2. The Kier molecular flexibility index (Phi) is 6.66. The molecule has 0 saturated carbocycles. The zero-order valence-corrected chi connectivity index (χ0v) is 18.7. The maximum absolute atomic E-state index is 12.8. The van der Waals surface area contributed by atoms with Crippen molar-refractivity contribution in [1.29, 1.82) is 0 Å². The number of amides is 2. The summed E-state index contributed by atoms with van der Waals surface area (Å²) in [5.74, 6) is 1.50. The van der Waals surface area contributed by atoms with E-state index < -0.39 is 0 Å². The average molecular weight is 449 g/mol. The number of methoxy groups -OCH3 is 2. The van der Waals surface area contributed by atoms with E-state index in [9.17, 15) is 9.59 Å². The number of hydrogen-bond donors (Lipinski definition) is 1. The fourth-order valence-corrected chi connectivity index (χ4v) is 4.76. The van der Waals surface area contributed by atoms with E-state index in [0.29, 0.717) is 35.0 Å². The number of benzene rings is 3. The second-order valence-electron chi connectivity index (χ2n) is 7.31. The maximum atomic E-state index is 12.8. The number of ether oxygens (including phenoxy) is 2. The monoisotopic (exact) mass is 448 g/mol. The van der Waals surface area contributed by atoms with Gasteiger partial charge in [-0.1, -0.05) is 42.5 Å². The Hall–Kier alpha value is -3.45. The molecule has 1 aliphatic heterocycles. The van der Waals surface area contributed by atoms with Gasteiger partial charge in [-0.15, -0.1) is 11.8 Å². The smallest absolute Gasteiger partial charge is 0.255 e. The molecule has 3 aromatic carbocycles. The minimum atomic E-state index is -0.240. The van der Waals surface area contributed by atoms with Crippen LogP contribution in [0.3, 0.4) is 0 Å². The molecule has 0 aliphatic carbocycles. The van der Waals surface area contributed by atoms with E-state index >= 15 is 0 Å². The topological polar surface area (TPSA) is 67.9 Å². The number of nitrogens with zero attached hydrogens (tertiary/aromatic N) is 1. The number of carbonyl (C=O) groups is 2. The second kappa shape index (κ2) is 9.78. The Bertz CT molecular complexity index is 1100. The predicted octanol–water partition coefficient (Wildman–Crippen LogP) is 4.73. The minimum absolute atomic E-state index is 0.0681. The summed E-state index contributed by atoms with van der Waals surface area (Å²) in [7, 11) is 3.12. The molecule has 0 aromatic heterocycles. The minimum Gasteiger partial charge on any atom is -0.497 e. The van der Waals surface area contributed by atoms with Crippen molar-refractivity contribution in [2.45, 2.75) is 11.9 Å². The first-order valence-corrected chi connectivity index (χ1v) is 11.2. The van der Waals surface area contributed by atoms with Crippen LogP contribution in [0, 0.1) is 0 Å². The van der Waals surface area contributed by atoms with Gasteiger partial charge in [0.2, 0.25) is 5.91 Å². The summed E-state index contributed by atoms with van der Waals surface area (Å²) in [5.41, 5.74) is 3.18. The standard InChI is InChI=1S/C25H24N2O4S/c1-30-20-12-13-21(22(14-20)31-2)26-24(29)18-8-10-19(11-9-18)25-27(23(28)16-32-25)15-17-6-4-3-5-7-17/h3-14,25H,15-16H2,1-2H3,(H,26,29)/t25-/m1/s1. The molecule has 2 amide bonds. The first-order chi connectivity index (χ1) is 15.6. The highest BCUT2D eigenvalue weighted by Crippen LogP contribution is 2.39. The van der Waals surface area contributed by atoms with Crippen LogP contribution in [0.2, 0.25) is 0 Å². The fourth-order valence-electron chi connectivity index (χ4n) is 3.58. The first-order valence-electron chi connectivity index (χ1n) is 10.2. The maximum Gasteiger partial charge on any atom is 0.255 e. The van der Waals surface area contributed by atoms with Gasteiger partial charge in [-0.3, -0.25) is 9.59 Å². The number of hydrogen-bond acceptors (Lipinski definition) is 5. The summed E-state index contributed by atoms with van der Waals surface area (Å²) >= 11 is 1.60. The van der Waals surface area contributed by atoms with Crippen molar-refractivity contribution in [3.63, 3.8) is 0 Å². The van der Waals surface area contributed by atoms with Gasteiger partial charge in [-0.05, 0) is 35.4 Å². The second-order valence-corrected chi connectivity index (χ2v) is 8.38. The van der Waals surface area contributed by atoms with Gasteiger partial charge in [-0.25, -0.2) is 0 Å². The molecule has 164 valence electrons. The van der Waals surface area contributed by atoms with E-state index in [1.165, 1.54) is 0 Å². The van der Waals surface area contributed by atoms with Crippen LogP contribution in [0.1, 0.15) is 26.9 Å². The molecule has 1 atom stereocenters. The molecule has 1 N–H and O–H groups in total. The third kappa shape index (κ3) is 4.73. The Morgan fingerprint density at radius 1 is 1.03 bits per heavy atom. The van der Waals surface area contributed by atoms with Gasteiger partial charge in [0.05, 0.1) is 25.7 Å². The average Bonchev–Trinajstić information content (AvgIpc) is 3.20. The van der Waals surface area contributed by atoms with Crippen LogP contribution in [0.4, 0.5) is 5.69 Å². The molecule has 0 unspecified atom stereocenters. The Balaban J connectivity index is 1.48. The van der Waals surface area contributed by atoms with Crippen LogP contribution in [-0.2, 0) is 11.3 Å². The zero-order chi connectivity index (χ0) is 22.5. The van der Waals surface area contributed by atoms with Gasteiger partial charge in [0.15, 0.2) is 0 Å². The number of thioether (sulfide) groups is 1. The lowest BCUT2D eigenvalue weighted by Crippen LogP contribution is -2.27. The lowest BCUT2D eigenvalue weighted by Gasteiger charge is -2.24. The van der Waals surface area contributed by atoms with Crippen LogP contribution < -0.4 is 14.8 Å². The highest BCUT2D eigenvalue weighted by molar-refractivity contribution is 8.00. The zero-order valence-electron chi connectivity index (χ0n) is 17.9. The molecule has 0 radical (unpaired) electrons. The normalized spacial score (nSPS) is 15.5. The van der Waals surface area contributed by atoms with Gasteiger partial charge in [0, 0.05) is 18.2 Å². The third-order valence-corrected chi connectivity index (χ3v) is 6.53. The summed E-state index contributed by atoms with van der Waals surface area (Å²) in [4.78, 5) is 27.1. The van der Waals surface area contributed by atoms with E-state index in [1.807, 2.05) is 47.4 Å².